The van der Waals surface area contributed by atoms with E-state index in [0.29, 0.717) is 0 Å². The molecular formula is C17H14N2O9S2. The monoisotopic (exact) mass is 454 g/mol. The summed E-state index contributed by atoms with van der Waals surface area (Å²) in [6.45, 7) is 0. The zero-order valence-corrected chi connectivity index (χ0v) is 16.7. The third-order valence-electron chi connectivity index (χ3n) is 4.03. The molecule has 3 rings (SSSR count). The minimum absolute atomic E-state index is 0.0754. The van der Waals surface area contributed by atoms with Gasteiger partial charge in [0.15, 0.2) is 11.4 Å². The van der Waals surface area contributed by atoms with Crippen molar-refractivity contribution in [3.8, 4) is 17.2 Å². The SMILES string of the molecule is COc1ccccc1N=Nc1c(S(=O)(=O)O)c(S(=O)(=O)O)c2cccc(O)c2c1O. The number of hydrogen-bond donors (Lipinski definition) is 4. The van der Waals surface area contributed by atoms with Crippen molar-refractivity contribution in [3.63, 3.8) is 0 Å². The highest BCUT2D eigenvalue weighted by Crippen LogP contribution is 2.48. The molecule has 0 heterocycles. The molecule has 158 valence electrons. The second kappa shape index (κ2) is 7.53. The molecule has 0 atom stereocenters. The van der Waals surface area contributed by atoms with E-state index in [9.17, 15) is 36.2 Å². The van der Waals surface area contributed by atoms with Crippen molar-refractivity contribution < 1.29 is 40.9 Å². The van der Waals surface area contributed by atoms with Crippen LogP contribution in [0, 0.1) is 0 Å². The topological polar surface area (TPSA) is 183 Å². The first-order valence-electron chi connectivity index (χ1n) is 7.97. The maximum Gasteiger partial charge on any atom is 0.298 e. The molecule has 0 aliphatic rings. The Bertz CT molecular complexity index is 1400. The fraction of sp³-hybridized carbons (Fsp3) is 0.0588. The molecule has 3 aromatic rings. The summed E-state index contributed by atoms with van der Waals surface area (Å²) in [5, 5.41) is 26.9. The normalized spacial score (nSPS) is 12.5. The van der Waals surface area contributed by atoms with Crippen LogP contribution in [0.3, 0.4) is 0 Å². The van der Waals surface area contributed by atoms with Gasteiger partial charge in [-0.25, -0.2) is 0 Å². The Morgan fingerprint density at radius 2 is 1.47 bits per heavy atom. The number of azo groups is 1. The molecule has 0 saturated carbocycles. The summed E-state index contributed by atoms with van der Waals surface area (Å²) in [6, 6.07) is 9.36. The van der Waals surface area contributed by atoms with E-state index in [1.165, 1.54) is 19.2 Å². The van der Waals surface area contributed by atoms with E-state index in [2.05, 4.69) is 10.2 Å². The zero-order chi connectivity index (χ0) is 22.3. The van der Waals surface area contributed by atoms with Crippen molar-refractivity contribution in [1.82, 2.24) is 0 Å². The summed E-state index contributed by atoms with van der Waals surface area (Å²) in [6.07, 6.45) is 0. The van der Waals surface area contributed by atoms with Gasteiger partial charge in [-0.3, -0.25) is 9.11 Å². The summed E-state index contributed by atoms with van der Waals surface area (Å²) in [5.41, 5.74) is -0.934. The smallest absolute Gasteiger partial charge is 0.298 e. The molecule has 0 spiro atoms. The standard InChI is InChI=1S/C17H14N2O9S2/c1-28-12-8-3-2-6-10(12)18-19-14-15(21)13-9(5-4-7-11(13)20)16(29(22,23)24)17(14)30(25,26)27/h2-8,20-21H,1H3,(H,22,23,24)(H,25,26,27). The summed E-state index contributed by atoms with van der Waals surface area (Å²) in [5.74, 6) is -1.40. The summed E-state index contributed by atoms with van der Waals surface area (Å²) in [4.78, 5) is -2.68. The van der Waals surface area contributed by atoms with E-state index < -0.39 is 58.0 Å². The molecule has 0 bridgehead atoms. The minimum Gasteiger partial charge on any atom is -0.507 e. The van der Waals surface area contributed by atoms with Gasteiger partial charge in [0.05, 0.1) is 12.5 Å². The molecule has 0 aromatic heterocycles. The highest BCUT2D eigenvalue weighted by Gasteiger charge is 2.34. The number of aromatic hydroxyl groups is 2. The summed E-state index contributed by atoms with van der Waals surface area (Å²) in [7, 11) is -9.31. The van der Waals surface area contributed by atoms with Crippen LogP contribution in [0.25, 0.3) is 10.8 Å². The molecule has 30 heavy (non-hydrogen) atoms. The summed E-state index contributed by atoms with van der Waals surface area (Å²) < 4.78 is 72.4. The Balaban J connectivity index is 2.52. The molecular weight excluding hydrogens is 440 g/mol. The molecule has 13 heteroatoms. The maximum absolute atomic E-state index is 12.0. The average Bonchev–Trinajstić information content (AvgIpc) is 2.65. The van der Waals surface area contributed by atoms with Crippen LogP contribution in [0.5, 0.6) is 17.2 Å². The Kier molecular flexibility index (Phi) is 5.38. The van der Waals surface area contributed by atoms with E-state index in [1.54, 1.807) is 12.1 Å². The number of phenols is 2. The van der Waals surface area contributed by atoms with Gasteiger partial charge in [0.25, 0.3) is 20.2 Å². The van der Waals surface area contributed by atoms with Crippen molar-refractivity contribution in [3.05, 3.63) is 42.5 Å². The van der Waals surface area contributed by atoms with Crippen LogP contribution < -0.4 is 4.74 Å². The lowest BCUT2D eigenvalue weighted by Gasteiger charge is -2.14. The van der Waals surface area contributed by atoms with E-state index in [1.807, 2.05) is 0 Å². The number of rotatable bonds is 5. The first-order valence-corrected chi connectivity index (χ1v) is 10.8. The number of ether oxygens (including phenoxy) is 1. The Hall–Kier alpha value is -3.26. The molecule has 0 amide bonds. The van der Waals surface area contributed by atoms with E-state index in [0.717, 1.165) is 18.2 Å². The molecule has 4 N–H and O–H groups in total. The number of methoxy groups -OCH3 is 1. The maximum atomic E-state index is 12.0. The number of fused-ring (bicyclic) bond motifs is 1. The van der Waals surface area contributed by atoms with Crippen molar-refractivity contribution in [1.29, 1.82) is 0 Å². The van der Waals surface area contributed by atoms with Gasteiger partial charge < -0.3 is 14.9 Å². The van der Waals surface area contributed by atoms with Gasteiger partial charge >= 0.3 is 0 Å². The quantitative estimate of drug-likeness (QED) is 0.332. The van der Waals surface area contributed by atoms with Gasteiger partial charge in [-0.2, -0.15) is 16.8 Å². The van der Waals surface area contributed by atoms with Gasteiger partial charge in [-0.05, 0) is 18.2 Å². The van der Waals surface area contributed by atoms with Gasteiger partial charge in [-0.1, -0.05) is 24.3 Å². The van der Waals surface area contributed by atoms with Crippen LogP contribution in [-0.4, -0.2) is 43.3 Å². The van der Waals surface area contributed by atoms with Gasteiger partial charge in [0.1, 0.15) is 27.0 Å². The van der Waals surface area contributed by atoms with Crippen molar-refractivity contribution >= 4 is 42.4 Å². The van der Waals surface area contributed by atoms with Crippen molar-refractivity contribution in [2.45, 2.75) is 9.79 Å². The largest absolute Gasteiger partial charge is 0.507 e. The lowest BCUT2D eigenvalue weighted by Crippen LogP contribution is -2.10. The number of nitrogens with zero attached hydrogens (tertiary/aromatic N) is 2. The predicted molar refractivity (Wildman–Crippen MR) is 104 cm³/mol. The molecule has 0 aliphatic heterocycles. The third kappa shape index (κ3) is 3.78. The molecule has 3 aromatic carbocycles. The third-order valence-corrected chi connectivity index (χ3v) is 6.01. The van der Waals surface area contributed by atoms with Gasteiger partial charge in [0.2, 0.25) is 0 Å². The van der Waals surface area contributed by atoms with Crippen molar-refractivity contribution in [2.24, 2.45) is 10.2 Å². The lowest BCUT2D eigenvalue weighted by molar-refractivity contribution is 0.416. The van der Waals surface area contributed by atoms with E-state index >= 15 is 0 Å². The first kappa shape index (κ1) is 21.4. The lowest BCUT2D eigenvalue weighted by atomic mass is 10.1. The highest BCUT2D eigenvalue weighted by atomic mass is 32.2. The highest BCUT2D eigenvalue weighted by molar-refractivity contribution is 7.89. The van der Waals surface area contributed by atoms with Crippen LogP contribution >= 0.6 is 0 Å². The predicted octanol–water partition coefficient (Wildman–Crippen LogP) is 3.17. The van der Waals surface area contributed by atoms with E-state index in [4.69, 9.17) is 4.74 Å². The number of phenolic OH excluding ortho intramolecular Hbond substituents is 2. The fourth-order valence-electron chi connectivity index (χ4n) is 2.84. The fourth-order valence-corrected chi connectivity index (χ4v) is 4.98. The Labute approximate surface area is 170 Å². The number of para-hydroxylation sites is 1. The minimum atomic E-state index is -5.36. The Morgan fingerprint density at radius 1 is 0.833 bits per heavy atom. The van der Waals surface area contributed by atoms with Gasteiger partial charge in [0, 0.05) is 5.39 Å². The zero-order valence-electron chi connectivity index (χ0n) is 15.1. The number of benzene rings is 3. The first-order chi connectivity index (χ1) is 14.0. The average molecular weight is 454 g/mol. The van der Waals surface area contributed by atoms with Crippen LogP contribution in [0.4, 0.5) is 11.4 Å². The van der Waals surface area contributed by atoms with Crippen molar-refractivity contribution in [2.75, 3.05) is 7.11 Å². The van der Waals surface area contributed by atoms with E-state index in [-0.39, 0.29) is 11.4 Å². The van der Waals surface area contributed by atoms with Gasteiger partial charge in [-0.15, -0.1) is 10.2 Å². The van der Waals surface area contributed by atoms with Crippen LogP contribution in [0.15, 0.2) is 62.5 Å². The molecule has 11 nitrogen and oxygen atoms in total. The number of hydrogen-bond acceptors (Lipinski definition) is 9. The van der Waals surface area contributed by atoms with Crippen LogP contribution in [-0.2, 0) is 20.2 Å². The molecule has 0 fully saturated rings. The molecule has 0 aliphatic carbocycles. The molecule has 0 saturated heterocycles. The summed E-state index contributed by atoms with van der Waals surface area (Å²) >= 11 is 0. The Morgan fingerprint density at radius 3 is 2.07 bits per heavy atom. The second-order valence-electron chi connectivity index (χ2n) is 5.88. The second-order valence-corrected chi connectivity index (χ2v) is 8.59. The molecule has 0 unspecified atom stereocenters. The van der Waals surface area contributed by atoms with Crippen LogP contribution in [0.1, 0.15) is 0 Å². The van der Waals surface area contributed by atoms with Crippen LogP contribution in [0.2, 0.25) is 0 Å². The molecule has 0 radical (unpaired) electrons.